The van der Waals surface area contributed by atoms with Crippen molar-refractivity contribution in [1.29, 1.82) is 0 Å². The molecule has 7 nitrogen and oxygen atoms in total. The van der Waals surface area contributed by atoms with Crippen molar-refractivity contribution in [2.45, 2.75) is 11.6 Å². The monoisotopic (exact) mass is 328 g/mol. The third kappa shape index (κ3) is 3.59. The van der Waals surface area contributed by atoms with Crippen molar-refractivity contribution in [1.82, 2.24) is 24.8 Å². The Kier molecular flexibility index (Phi) is 4.42. The highest BCUT2D eigenvalue weighted by Crippen LogP contribution is 2.23. The van der Waals surface area contributed by atoms with Crippen LogP contribution in [0.15, 0.2) is 41.7 Å². The number of nitrogens with zero attached hydrogens (tertiary/aromatic N) is 4. The van der Waals surface area contributed by atoms with Crippen LogP contribution in [0.2, 0.25) is 0 Å². The SMILES string of the molecule is CN(Cc1ccccc1)C(=O)CSc1nc(N)nc2nc[nH]c12. The zero-order chi connectivity index (χ0) is 16.2. The number of thioether (sulfide) groups is 1. The van der Waals surface area contributed by atoms with Crippen molar-refractivity contribution in [3.63, 3.8) is 0 Å². The number of anilines is 1. The summed E-state index contributed by atoms with van der Waals surface area (Å²) in [7, 11) is 1.79. The highest BCUT2D eigenvalue weighted by molar-refractivity contribution is 8.00. The van der Waals surface area contributed by atoms with Gasteiger partial charge in [0.2, 0.25) is 11.9 Å². The predicted molar refractivity (Wildman–Crippen MR) is 89.7 cm³/mol. The molecule has 0 bridgehead atoms. The molecule has 8 heteroatoms. The molecule has 2 aromatic heterocycles. The molecule has 118 valence electrons. The molecule has 3 N–H and O–H groups in total. The number of carbonyl (C=O) groups excluding carboxylic acids is 1. The summed E-state index contributed by atoms with van der Waals surface area (Å²) in [6.45, 7) is 0.575. The molecule has 0 fully saturated rings. The number of H-pyrrole nitrogens is 1. The predicted octanol–water partition coefficient (Wildman–Crippen LogP) is 1.69. The first kappa shape index (κ1) is 15.3. The van der Waals surface area contributed by atoms with E-state index in [1.165, 1.54) is 18.1 Å². The van der Waals surface area contributed by atoms with Crippen molar-refractivity contribution < 1.29 is 4.79 Å². The Hall–Kier alpha value is -2.61. The molecular weight excluding hydrogens is 312 g/mol. The lowest BCUT2D eigenvalue weighted by Gasteiger charge is -2.17. The normalized spacial score (nSPS) is 10.8. The summed E-state index contributed by atoms with van der Waals surface area (Å²) in [6.07, 6.45) is 1.53. The molecule has 23 heavy (non-hydrogen) atoms. The second-order valence-electron chi connectivity index (χ2n) is 5.01. The summed E-state index contributed by atoms with van der Waals surface area (Å²) in [5.74, 6) is 0.439. The third-order valence-electron chi connectivity index (χ3n) is 3.29. The molecule has 0 saturated carbocycles. The van der Waals surface area contributed by atoms with Gasteiger partial charge in [-0.25, -0.2) is 9.97 Å². The Morgan fingerprint density at radius 2 is 2.09 bits per heavy atom. The molecule has 0 spiro atoms. The minimum atomic E-state index is 0.0173. The van der Waals surface area contributed by atoms with Crippen LogP contribution >= 0.6 is 11.8 Å². The maximum absolute atomic E-state index is 12.3. The fraction of sp³-hybridized carbons (Fsp3) is 0.200. The summed E-state index contributed by atoms with van der Waals surface area (Å²) >= 11 is 1.32. The van der Waals surface area contributed by atoms with Crippen molar-refractivity contribution in [3.05, 3.63) is 42.2 Å². The number of aromatic nitrogens is 4. The standard InChI is InChI=1S/C15H16N6OS/c1-21(7-10-5-3-2-4-6-10)11(22)8-23-14-12-13(18-9-17-12)19-15(16)20-14/h2-6,9H,7-8H2,1H3,(H3,16,17,18,19,20). The second kappa shape index (κ2) is 6.66. The van der Waals surface area contributed by atoms with Crippen LogP contribution in [-0.2, 0) is 11.3 Å². The molecule has 3 aromatic rings. The van der Waals surface area contributed by atoms with E-state index in [1.54, 1.807) is 11.9 Å². The highest BCUT2D eigenvalue weighted by atomic mass is 32.2. The van der Waals surface area contributed by atoms with E-state index in [-0.39, 0.29) is 17.6 Å². The van der Waals surface area contributed by atoms with Gasteiger partial charge in [-0.3, -0.25) is 4.79 Å². The Morgan fingerprint density at radius 1 is 1.30 bits per heavy atom. The van der Waals surface area contributed by atoms with Gasteiger partial charge >= 0.3 is 0 Å². The Labute approximate surface area is 137 Å². The van der Waals surface area contributed by atoms with E-state index < -0.39 is 0 Å². The molecule has 0 aliphatic rings. The van der Waals surface area contributed by atoms with Gasteiger partial charge in [-0.15, -0.1) is 0 Å². The van der Waals surface area contributed by atoms with Crippen LogP contribution in [0.4, 0.5) is 5.95 Å². The lowest BCUT2D eigenvalue weighted by molar-refractivity contribution is -0.127. The maximum atomic E-state index is 12.3. The first-order valence-corrected chi connectivity index (χ1v) is 7.99. The van der Waals surface area contributed by atoms with Crippen molar-refractivity contribution in [2.75, 3.05) is 18.5 Å². The van der Waals surface area contributed by atoms with Crippen molar-refractivity contribution >= 4 is 34.8 Å². The van der Waals surface area contributed by atoms with Crippen LogP contribution in [0.1, 0.15) is 5.56 Å². The topological polar surface area (TPSA) is 101 Å². The highest BCUT2D eigenvalue weighted by Gasteiger charge is 2.14. The molecule has 1 amide bonds. The largest absolute Gasteiger partial charge is 0.368 e. The molecule has 2 heterocycles. The smallest absolute Gasteiger partial charge is 0.233 e. The molecule has 1 aromatic carbocycles. The van der Waals surface area contributed by atoms with Gasteiger partial charge in [-0.2, -0.15) is 4.98 Å². The number of aromatic amines is 1. The minimum Gasteiger partial charge on any atom is -0.368 e. The van der Waals surface area contributed by atoms with Crippen LogP contribution in [0, 0.1) is 0 Å². The van der Waals surface area contributed by atoms with Crippen LogP contribution in [-0.4, -0.2) is 43.5 Å². The summed E-state index contributed by atoms with van der Waals surface area (Å²) in [4.78, 5) is 29.2. The maximum Gasteiger partial charge on any atom is 0.233 e. The van der Waals surface area contributed by atoms with Crippen LogP contribution in [0.25, 0.3) is 11.2 Å². The number of hydrogen-bond donors (Lipinski definition) is 2. The Morgan fingerprint density at radius 3 is 2.87 bits per heavy atom. The number of benzene rings is 1. The number of imidazole rings is 1. The molecular formula is C15H16N6OS. The quantitative estimate of drug-likeness (QED) is 0.546. The van der Waals surface area contributed by atoms with Crippen molar-refractivity contribution in [2.24, 2.45) is 0 Å². The zero-order valence-electron chi connectivity index (χ0n) is 12.6. The lowest BCUT2D eigenvalue weighted by atomic mass is 10.2. The van der Waals surface area contributed by atoms with E-state index in [2.05, 4.69) is 19.9 Å². The number of nitrogen functional groups attached to an aromatic ring is 1. The summed E-state index contributed by atoms with van der Waals surface area (Å²) in [6, 6.07) is 9.87. The number of carbonyl (C=O) groups is 1. The van der Waals surface area contributed by atoms with E-state index in [4.69, 9.17) is 5.73 Å². The first-order valence-electron chi connectivity index (χ1n) is 7.01. The first-order chi connectivity index (χ1) is 11.1. The Bertz CT molecular complexity index is 819. The second-order valence-corrected chi connectivity index (χ2v) is 5.98. The number of fused-ring (bicyclic) bond motifs is 1. The number of rotatable bonds is 5. The molecule has 0 aliphatic carbocycles. The fourth-order valence-electron chi connectivity index (χ4n) is 2.11. The molecule has 0 radical (unpaired) electrons. The molecule has 0 saturated heterocycles. The van der Waals surface area contributed by atoms with E-state index in [0.29, 0.717) is 22.7 Å². The van der Waals surface area contributed by atoms with Gasteiger partial charge in [0.15, 0.2) is 5.65 Å². The van der Waals surface area contributed by atoms with E-state index in [1.807, 2.05) is 30.3 Å². The lowest BCUT2D eigenvalue weighted by Crippen LogP contribution is -2.27. The van der Waals surface area contributed by atoms with Gasteiger partial charge in [0.1, 0.15) is 10.5 Å². The van der Waals surface area contributed by atoms with Crippen molar-refractivity contribution in [3.8, 4) is 0 Å². The number of amides is 1. The Balaban J connectivity index is 1.65. The van der Waals surface area contributed by atoms with Gasteiger partial charge in [-0.1, -0.05) is 42.1 Å². The number of hydrogen-bond acceptors (Lipinski definition) is 6. The number of nitrogens with two attached hydrogens (primary N) is 1. The average molecular weight is 328 g/mol. The molecule has 0 atom stereocenters. The summed E-state index contributed by atoms with van der Waals surface area (Å²) in [5, 5.41) is 0.631. The van der Waals surface area contributed by atoms with Gasteiger partial charge < -0.3 is 15.6 Å². The number of nitrogens with one attached hydrogen (secondary N) is 1. The third-order valence-corrected chi connectivity index (χ3v) is 4.25. The average Bonchev–Trinajstić information content (AvgIpc) is 3.01. The minimum absolute atomic E-state index is 0.0173. The van der Waals surface area contributed by atoms with Gasteiger partial charge in [0.25, 0.3) is 0 Å². The zero-order valence-corrected chi connectivity index (χ0v) is 13.4. The summed E-state index contributed by atoms with van der Waals surface area (Å²) < 4.78 is 0. The van der Waals surface area contributed by atoms with Crippen LogP contribution in [0.5, 0.6) is 0 Å². The van der Waals surface area contributed by atoms with E-state index in [9.17, 15) is 4.79 Å². The van der Waals surface area contributed by atoms with Gasteiger partial charge in [0, 0.05) is 13.6 Å². The van der Waals surface area contributed by atoms with Crippen LogP contribution in [0.3, 0.4) is 0 Å². The molecule has 0 aliphatic heterocycles. The van der Waals surface area contributed by atoms with Crippen LogP contribution < -0.4 is 5.73 Å². The fourth-order valence-corrected chi connectivity index (χ4v) is 3.05. The molecule has 0 unspecified atom stereocenters. The van der Waals surface area contributed by atoms with Gasteiger partial charge in [-0.05, 0) is 5.56 Å². The van der Waals surface area contributed by atoms with E-state index >= 15 is 0 Å². The van der Waals surface area contributed by atoms with E-state index in [0.717, 1.165) is 5.56 Å². The summed E-state index contributed by atoms with van der Waals surface area (Å²) in [5.41, 5.74) is 7.96. The molecule has 3 rings (SSSR count). The van der Waals surface area contributed by atoms with Gasteiger partial charge in [0.05, 0.1) is 12.1 Å².